The van der Waals surface area contributed by atoms with Crippen LogP contribution >= 0.6 is 11.3 Å². The van der Waals surface area contributed by atoms with Crippen molar-refractivity contribution in [1.29, 1.82) is 0 Å². The molecule has 0 bridgehead atoms. The third-order valence-corrected chi connectivity index (χ3v) is 5.42. The largest absolute Gasteiger partial charge is 0.350 e. The Morgan fingerprint density at radius 2 is 2.32 bits per heavy atom. The first-order valence-electron chi connectivity index (χ1n) is 8.01. The van der Waals surface area contributed by atoms with Crippen LogP contribution in [0.25, 0.3) is 0 Å². The lowest BCUT2D eigenvalue weighted by Crippen LogP contribution is -2.64. The summed E-state index contributed by atoms with van der Waals surface area (Å²) < 4.78 is 0. The van der Waals surface area contributed by atoms with Gasteiger partial charge in [0.1, 0.15) is 6.54 Å². The van der Waals surface area contributed by atoms with Gasteiger partial charge < -0.3 is 15.5 Å². The van der Waals surface area contributed by atoms with Crippen LogP contribution in [0.5, 0.6) is 0 Å². The molecule has 1 aliphatic heterocycles. The van der Waals surface area contributed by atoms with Gasteiger partial charge in [-0.2, -0.15) is 11.3 Å². The van der Waals surface area contributed by atoms with Crippen LogP contribution in [-0.2, 0) is 4.79 Å². The van der Waals surface area contributed by atoms with E-state index < -0.39 is 0 Å². The van der Waals surface area contributed by atoms with Crippen LogP contribution in [-0.4, -0.2) is 42.0 Å². The van der Waals surface area contributed by atoms with Gasteiger partial charge in [-0.3, -0.25) is 4.79 Å². The SMILES string of the molecule is CC(CNC(=O)N1CC(=O)NC2CCCCC21)c1ccsc1. The average molecular weight is 321 g/mol. The Hall–Kier alpha value is -1.56. The van der Waals surface area contributed by atoms with Crippen molar-refractivity contribution in [2.45, 2.75) is 50.6 Å². The first-order chi connectivity index (χ1) is 10.6. The van der Waals surface area contributed by atoms with Crippen molar-refractivity contribution in [3.63, 3.8) is 0 Å². The highest BCUT2D eigenvalue weighted by Crippen LogP contribution is 2.26. The minimum absolute atomic E-state index is 0.0378. The molecular weight excluding hydrogens is 298 g/mol. The summed E-state index contributed by atoms with van der Waals surface area (Å²) in [6.45, 7) is 2.89. The second-order valence-corrected chi connectivity index (χ2v) is 7.08. The number of nitrogens with zero attached hydrogens (tertiary/aromatic N) is 1. The Morgan fingerprint density at radius 3 is 3.09 bits per heavy atom. The molecule has 120 valence electrons. The molecule has 0 spiro atoms. The number of carbonyl (C=O) groups is 2. The molecule has 6 heteroatoms. The van der Waals surface area contributed by atoms with E-state index in [1.54, 1.807) is 16.2 Å². The minimum atomic E-state index is -0.103. The van der Waals surface area contributed by atoms with Gasteiger partial charge in [0, 0.05) is 12.6 Å². The van der Waals surface area contributed by atoms with Crippen molar-refractivity contribution in [2.75, 3.05) is 13.1 Å². The number of nitrogens with one attached hydrogen (secondary N) is 2. The molecule has 3 rings (SSSR count). The van der Waals surface area contributed by atoms with Crippen molar-refractivity contribution < 1.29 is 9.59 Å². The predicted octanol–water partition coefficient (Wildman–Crippen LogP) is 2.30. The van der Waals surface area contributed by atoms with Crippen molar-refractivity contribution >= 4 is 23.3 Å². The van der Waals surface area contributed by atoms with E-state index in [9.17, 15) is 9.59 Å². The zero-order valence-electron chi connectivity index (χ0n) is 12.9. The molecule has 1 aliphatic carbocycles. The first kappa shape index (κ1) is 15.3. The van der Waals surface area contributed by atoms with Crippen molar-refractivity contribution in [3.05, 3.63) is 22.4 Å². The molecule has 2 N–H and O–H groups in total. The number of amides is 3. The van der Waals surface area contributed by atoms with Gasteiger partial charge >= 0.3 is 6.03 Å². The van der Waals surface area contributed by atoms with Crippen LogP contribution in [0.3, 0.4) is 0 Å². The molecule has 2 fully saturated rings. The van der Waals surface area contributed by atoms with Crippen molar-refractivity contribution in [1.82, 2.24) is 15.5 Å². The highest BCUT2D eigenvalue weighted by molar-refractivity contribution is 7.07. The molecule has 1 saturated carbocycles. The van der Waals surface area contributed by atoms with Gasteiger partial charge in [-0.1, -0.05) is 19.8 Å². The Bertz CT molecular complexity index is 532. The van der Waals surface area contributed by atoms with E-state index in [4.69, 9.17) is 0 Å². The lowest BCUT2D eigenvalue weighted by atomic mass is 9.87. The maximum Gasteiger partial charge on any atom is 0.318 e. The summed E-state index contributed by atoms with van der Waals surface area (Å²) in [7, 11) is 0. The summed E-state index contributed by atoms with van der Waals surface area (Å²) in [4.78, 5) is 26.1. The van der Waals surface area contributed by atoms with Gasteiger partial charge in [0.25, 0.3) is 0 Å². The molecule has 3 unspecified atom stereocenters. The number of rotatable bonds is 3. The fraction of sp³-hybridized carbons (Fsp3) is 0.625. The normalized spacial score (nSPS) is 26.0. The molecule has 1 aromatic rings. The highest BCUT2D eigenvalue weighted by atomic mass is 32.1. The molecule has 0 aromatic carbocycles. The van der Waals surface area contributed by atoms with Gasteiger partial charge in [-0.25, -0.2) is 4.79 Å². The first-order valence-corrected chi connectivity index (χ1v) is 8.95. The van der Waals surface area contributed by atoms with E-state index in [-0.39, 0.29) is 36.5 Å². The van der Waals surface area contributed by atoms with Gasteiger partial charge in [0.05, 0.1) is 6.04 Å². The van der Waals surface area contributed by atoms with E-state index in [0.29, 0.717) is 6.54 Å². The van der Waals surface area contributed by atoms with Crippen LogP contribution in [0.4, 0.5) is 4.79 Å². The Kier molecular flexibility index (Phi) is 4.66. The summed E-state index contributed by atoms with van der Waals surface area (Å²) in [5, 5.41) is 10.2. The van der Waals surface area contributed by atoms with Crippen molar-refractivity contribution in [3.8, 4) is 0 Å². The van der Waals surface area contributed by atoms with Crippen LogP contribution in [0, 0.1) is 0 Å². The molecule has 3 amide bonds. The second-order valence-electron chi connectivity index (χ2n) is 6.30. The van der Waals surface area contributed by atoms with E-state index in [1.165, 1.54) is 5.56 Å². The number of hydrogen-bond donors (Lipinski definition) is 2. The molecule has 1 aromatic heterocycles. The number of hydrogen-bond acceptors (Lipinski definition) is 3. The smallest absolute Gasteiger partial charge is 0.318 e. The van der Waals surface area contributed by atoms with E-state index in [2.05, 4.69) is 34.4 Å². The van der Waals surface area contributed by atoms with E-state index >= 15 is 0 Å². The maximum atomic E-state index is 12.5. The number of urea groups is 1. The molecule has 1 saturated heterocycles. The van der Waals surface area contributed by atoms with Crippen LogP contribution in [0.2, 0.25) is 0 Å². The minimum Gasteiger partial charge on any atom is -0.350 e. The van der Waals surface area contributed by atoms with Gasteiger partial charge in [0.2, 0.25) is 5.91 Å². The lowest BCUT2D eigenvalue weighted by Gasteiger charge is -2.43. The third kappa shape index (κ3) is 3.27. The second kappa shape index (κ2) is 6.69. The Morgan fingerprint density at radius 1 is 1.50 bits per heavy atom. The summed E-state index contributed by atoms with van der Waals surface area (Å²) in [6, 6.07) is 2.28. The number of piperazine rings is 1. The maximum absolute atomic E-state index is 12.5. The molecule has 0 radical (unpaired) electrons. The predicted molar refractivity (Wildman–Crippen MR) is 87.0 cm³/mol. The van der Waals surface area contributed by atoms with Gasteiger partial charge in [-0.05, 0) is 41.1 Å². The number of thiophene rings is 1. The van der Waals surface area contributed by atoms with E-state index in [0.717, 1.165) is 25.7 Å². The van der Waals surface area contributed by atoms with E-state index in [1.807, 2.05) is 0 Å². The molecule has 3 atom stereocenters. The fourth-order valence-electron chi connectivity index (χ4n) is 3.41. The highest BCUT2D eigenvalue weighted by Gasteiger charge is 2.38. The molecule has 5 nitrogen and oxygen atoms in total. The topological polar surface area (TPSA) is 61.4 Å². The molecule has 22 heavy (non-hydrogen) atoms. The summed E-state index contributed by atoms with van der Waals surface area (Å²) in [6.07, 6.45) is 4.22. The average Bonchev–Trinajstić information content (AvgIpc) is 3.06. The fourth-order valence-corrected chi connectivity index (χ4v) is 4.20. The zero-order chi connectivity index (χ0) is 15.5. The quantitative estimate of drug-likeness (QED) is 0.897. The Labute approximate surface area is 135 Å². The van der Waals surface area contributed by atoms with Crippen LogP contribution < -0.4 is 10.6 Å². The molecule has 2 heterocycles. The summed E-state index contributed by atoms with van der Waals surface area (Å²) >= 11 is 1.67. The summed E-state index contributed by atoms with van der Waals surface area (Å²) in [5.74, 6) is 0.250. The Balaban J connectivity index is 1.59. The number of fused-ring (bicyclic) bond motifs is 1. The monoisotopic (exact) mass is 321 g/mol. The van der Waals surface area contributed by atoms with Gasteiger partial charge in [-0.15, -0.1) is 0 Å². The molecular formula is C16H23N3O2S. The summed E-state index contributed by atoms with van der Waals surface area (Å²) in [5.41, 5.74) is 1.25. The van der Waals surface area contributed by atoms with Gasteiger partial charge in [0.15, 0.2) is 0 Å². The molecule has 2 aliphatic rings. The number of carbonyl (C=O) groups excluding carboxylic acids is 2. The van der Waals surface area contributed by atoms with Crippen LogP contribution in [0.15, 0.2) is 16.8 Å². The van der Waals surface area contributed by atoms with Crippen molar-refractivity contribution in [2.24, 2.45) is 0 Å². The standard InChI is InChI=1S/C16H23N3O2S/c1-11(12-6-7-22-10-12)8-17-16(21)19-9-15(20)18-13-4-2-3-5-14(13)19/h6-7,10-11,13-14H,2-5,8-9H2,1H3,(H,17,21)(H,18,20). The third-order valence-electron chi connectivity index (χ3n) is 4.72. The lowest BCUT2D eigenvalue weighted by molar-refractivity contribution is -0.126. The zero-order valence-corrected chi connectivity index (χ0v) is 13.7. The van der Waals surface area contributed by atoms with Crippen LogP contribution in [0.1, 0.15) is 44.1 Å².